The van der Waals surface area contributed by atoms with E-state index in [9.17, 15) is 19.5 Å². The molecule has 0 saturated heterocycles. The zero-order valence-electron chi connectivity index (χ0n) is 15.9. The molecule has 1 aliphatic rings. The van der Waals surface area contributed by atoms with Gasteiger partial charge in [0.15, 0.2) is 5.78 Å². The molecule has 6 nitrogen and oxygen atoms in total. The topological polar surface area (TPSA) is 89.9 Å². The standard InChI is InChI=1S/C21H26O6/c1-4-26-19(23)17-15(12-11-14-9-7-6-8-10-14)18(20(24)27-5-2)21(3,25)13-16(17)22/h6-12,15,17-18,25H,4-5,13H2,1-3H3/b12-11+/t15-,17-,18+,21-/m0/s1. The van der Waals surface area contributed by atoms with Gasteiger partial charge in [0.25, 0.3) is 0 Å². The Morgan fingerprint density at radius 3 is 2.33 bits per heavy atom. The molecule has 6 heteroatoms. The molecule has 4 atom stereocenters. The summed E-state index contributed by atoms with van der Waals surface area (Å²) in [6.45, 7) is 5.01. The second-order valence-electron chi connectivity index (χ2n) is 6.81. The smallest absolute Gasteiger partial charge is 0.317 e. The fourth-order valence-electron chi connectivity index (χ4n) is 3.57. The summed E-state index contributed by atoms with van der Waals surface area (Å²) in [6.07, 6.45) is 3.05. The Labute approximate surface area is 159 Å². The van der Waals surface area contributed by atoms with Crippen molar-refractivity contribution in [3.8, 4) is 0 Å². The molecule has 0 radical (unpaired) electrons. The fraction of sp³-hybridized carbons (Fsp3) is 0.476. The summed E-state index contributed by atoms with van der Waals surface area (Å²) in [5.41, 5.74) is -0.765. The van der Waals surface area contributed by atoms with Crippen molar-refractivity contribution >= 4 is 23.8 Å². The van der Waals surface area contributed by atoms with Gasteiger partial charge in [0, 0.05) is 12.3 Å². The highest BCUT2D eigenvalue weighted by molar-refractivity contribution is 6.02. The first-order chi connectivity index (χ1) is 12.8. The van der Waals surface area contributed by atoms with Crippen LogP contribution >= 0.6 is 0 Å². The highest BCUT2D eigenvalue weighted by atomic mass is 16.5. The molecular formula is C21H26O6. The van der Waals surface area contributed by atoms with Crippen LogP contribution in [-0.4, -0.2) is 41.6 Å². The number of allylic oxidation sites excluding steroid dienone is 1. The monoisotopic (exact) mass is 374 g/mol. The molecule has 1 saturated carbocycles. The Bertz CT molecular complexity index is 707. The van der Waals surface area contributed by atoms with Gasteiger partial charge in [-0.1, -0.05) is 42.5 Å². The van der Waals surface area contributed by atoms with Crippen LogP contribution in [0.5, 0.6) is 0 Å². The predicted octanol–water partition coefficient (Wildman–Crippen LogP) is 2.40. The third-order valence-corrected chi connectivity index (χ3v) is 4.71. The minimum atomic E-state index is -1.61. The van der Waals surface area contributed by atoms with E-state index in [1.165, 1.54) is 6.92 Å². The maximum Gasteiger partial charge on any atom is 0.317 e. The van der Waals surface area contributed by atoms with Crippen LogP contribution in [0.3, 0.4) is 0 Å². The van der Waals surface area contributed by atoms with Crippen LogP contribution in [-0.2, 0) is 23.9 Å². The molecule has 1 aromatic rings. The van der Waals surface area contributed by atoms with Gasteiger partial charge in [0.05, 0.1) is 24.7 Å². The summed E-state index contributed by atoms with van der Waals surface area (Å²) in [4.78, 5) is 37.7. The zero-order valence-corrected chi connectivity index (χ0v) is 15.9. The Hall–Kier alpha value is -2.47. The van der Waals surface area contributed by atoms with E-state index in [2.05, 4.69) is 0 Å². The minimum absolute atomic E-state index is 0.123. The highest BCUT2D eigenvalue weighted by Gasteiger charge is 2.55. The summed E-state index contributed by atoms with van der Waals surface area (Å²) >= 11 is 0. The number of carbonyl (C=O) groups is 3. The van der Waals surface area contributed by atoms with Crippen molar-refractivity contribution in [3.63, 3.8) is 0 Å². The number of esters is 2. The molecule has 1 N–H and O–H groups in total. The third kappa shape index (κ3) is 4.83. The van der Waals surface area contributed by atoms with Gasteiger partial charge in [0.2, 0.25) is 0 Å². The predicted molar refractivity (Wildman–Crippen MR) is 99.5 cm³/mol. The molecular weight excluding hydrogens is 348 g/mol. The maximum atomic E-state index is 12.6. The van der Waals surface area contributed by atoms with Crippen LogP contribution < -0.4 is 0 Å². The normalized spacial score (nSPS) is 28.1. The Balaban J connectivity index is 2.48. The van der Waals surface area contributed by atoms with Crippen molar-refractivity contribution in [2.75, 3.05) is 13.2 Å². The largest absolute Gasteiger partial charge is 0.466 e. The Morgan fingerprint density at radius 2 is 1.74 bits per heavy atom. The summed E-state index contributed by atoms with van der Waals surface area (Å²) in [7, 11) is 0. The lowest BCUT2D eigenvalue weighted by Crippen LogP contribution is -2.55. The van der Waals surface area contributed by atoms with Crippen LogP contribution in [0.25, 0.3) is 6.08 Å². The summed E-state index contributed by atoms with van der Waals surface area (Å²) in [6, 6.07) is 9.30. The molecule has 0 amide bonds. The quantitative estimate of drug-likeness (QED) is 0.607. The van der Waals surface area contributed by atoms with E-state index in [0.29, 0.717) is 0 Å². The van der Waals surface area contributed by atoms with Gasteiger partial charge < -0.3 is 14.6 Å². The molecule has 146 valence electrons. The number of aliphatic hydroxyl groups is 1. The molecule has 0 bridgehead atoms. The fourth-order valence-corrected chi connectivity index (χ4v) is 3.57. The van der Waals surface area contributed by atoms with Gasteiger partial charge in [-0.15, -0.1) is 0 Å². The van der Waals surface area contributed by atoms with E-state index in [1.807, 2.05) is 30.3 Å². The van der Waals surface area contributed by atoms with Gasteiger partial charge in [-0.05, 0) is 26.3 Å². The number of ketones is 1. The third-order valence-electron chi connectivity index (χ3n) is 4.71. The van der Waals surface area contributed by atoms with E-state index >= 15 is 0 Å². The van der Waals surface area contributed by atoms with E-state index in [-0.39, 0.29) is 19.6 Å². The highest BCUT2D eigenvalue weighted by Crippen LogP contribution is 2.42. The summed E-state index contributed by atoms with van der Waals surface area (Å²) < 4.78 is 10.2. The van der Waals surface area contributed by atoms with Gasteiger partial charge >= 0.3 is 11.9 Å². The Morgan fingerprint density at radius 1 is 1.15 bits per heavy atom. The number of benzene rings is 1. The lowest BCUT2D eigenvalue weighted by Gasteiger charge is -2.42. The van der Waals surface area contributed by atoms with Crippen molar-refractivity contribution < 1.29 is 29.0 Å². The van der Waals surface area contributed by atoms with Crippen LogP contribution in [0.4, 0.5) is 0 Å². The van der Waals surface area contributed by atoms with Crippen LogP contribution in [0.2, 0.25) is 0 Å². The Kier molecular flexibility index (Phi) is 6.91. The van der Waals surface area contributed by atoms with E-state index < -0.39 is 41.1 Å². The molecule has 1 aliphatic carbocycles. The number of carbonyl (C=O) groups excluding carboxylic acids is 3. The summed E-state index contributed by atoms with van der Waals surface area (Å²) in [5, 5.41) is 10.8. The first-order valence-electron chi connectivity index (χ1n) is 9.13. The molecule has 0 aromatic heterocycles. The number of hydrogen-bond acceptors (Lipinski definition) is 6. The molecule has 27 heavy (non-hydrogen) atoms. The zero-order chi connectivity index (χ0) is 20.0. The lowest BCUT2D eigenvalue weighted by molar-refractivity contribution is -0.174. The molecule has 1 fully saturated rings. The second-order valence-corrected chi connectivity index (χ2v) is 6.81. The van der Waals surface area contributed by atoms with Gasteiger partial charge in [-0.25, -0.2) is 0 Å². The maximum absolute atomic E-state index is 12.6. The van der Waals surface area contributed by atoms with Crippen molar-refractivity contribution in [3.05, 3.63) is 42.0 Å². The summed E-state index contributed by atoms with van der Waals surface area (Å²) in [5.74, 6) is -4.83. The average Bonchev–Trinajstić information content (AvgIpc) is 2.59. The van der Waals surface area contributed by atoms with Crippen molar-refractivity contribution in [1.29, 1.82) is 0 Å². The molecule has 2 rings (SSSR count). The molecule has 1 aromatic carbocycles. The number of Topliss-reactive ketones (excluding diaryl/α,β-unsaturated/α-hetero) is 1. The van der Waals surface area contributed by atoms with E-state index in [4.69, 9.17) is 9.47 Å². The van der Waals surface area contributed by atoms with E-state index in [0.717, 1.165) is 5.56 Å². The van der Waals surface area contributed by atoms with Gasteiger partial charge in [0.1, 0.15) is 5.92 Å². The number of hydrogen-bond donors (Lipinski definition) is 1. The van der Waals surface area contributed by atoms with Crippen molar-refractivity contribution in [2.24, 2.45) is 17.8 Å². The van der Waals surface area contributed by atoms with Crippen molar-refractivity contribution in [1.82, 2.24) is 0 Å². The average molecular weight is 374 g/mol. The first-order valence-corrected chi connectivity index (χ1v) is 9.13. The van der Waals surface area contributed by atoms with Crippen LogP contribution in [0.15, 0.2) is 36.4 Å². The van der Waals surface area contributed by atoms with Crippen LogP contribution in [0, 0.1) is 17.8 Å². The van der Waals surface area contributed by atoms with E-state index in [1.54, 1.807) is 26.0 Å². The molecule has 0 aliphatic heterocycles. The minimum Gasteiger partial charge on any atom is -0.466 e. The molecule has 0 unspecified atom stereocenters. The first kappa shape index (κ1) is 20.8. The number of ether oxygens (including phenoxy) is 2. The molecule has 0 heterocycles. The van der Waals surface area contributed by atoms with Gasteiger partial charge in [-0.2, -0.15) is 0 Å². The SMILES string of the molecule is CCOC(=O)[C@@H]1C(=O)C[C@](C)(O)[C@@H](C(=O)OCC)[C@H]1/C=C/c1ccccc1. The van der Waals surface area contributed by atoms with Crippen molar-refractivity contribution in [2.45, 2.75) is 32.8 Å². The second kappa shape index (κ2) is 8.95. The number of rotatable bonds is 6. The van der Waals surface area contributed by atoms with Gasteiger partial charge in [-0.3, -0.25) is 14.4 Å². The van der Waals surface area contributed by atoms with Crippen LogP contribution in [0.1, 0.15) is 32.8 Å². The lowest BCUT2D eigenvalue weighted by atomic mass is 9.63. The molecule has 0 spiro atoms.